The smallest absolute Gasteiger partial charge is 0.264 e. The van der Waals surface area contributed by atoms with E-state index in [9.17, 15) is 12.8 Å². The van der Waals surface area contributed by atoms with E-state index >= 15 is 0 Å². The van der Waals surface area contributed by atoms with Gasteiger partial charge in [0.25, 0.3) is 10.1 Å². The lowest BCUT2D eigenvalue weighted by molar-refractivity contribution is 0.484. The highest BCUT2D eigenvalue weighted by molar-refractivity contribution is 7.85. The zero-order chi connectivity index (χ0) is 11.9. The van der Waals surface area contributed by atoms with Crippen molar-refractivity contribution in [3.63, 3.8) is 0 Å². The standard InChI is InChI=1S/C7H4FN.C2H6O3S/c8-7-4-2-1-3-6(7)5-9;1-2-6(3,4)5/h1-4H;2H2,1H3,(H,3,4,5). The number of benzene rings is 1. The Morgan fingerprint density at radius 2 is 1.93 bits per heavy atom. The van der Waals surface area contributed by atoms with Gasteiger partial charge in [0.1, 0.15) is 11.9 Å². The molecule has 0 aliphatic carbocycles. The van der Waals surface area contributed by atoms with Gasteiger partial charge in [-0.3, -0.25) is 4.55 Å². The first-order valence-corrected chi connectivity index (χ1v) is 5.61. The van der Waals surface area contributed by atoms with E-state index in [0.717, 1.165) is 0 Å². The van der Waals surface area contributed by atoms with Gasteiger partial charge in [0.05, 0.1) is 11.3 Å². The van der Waals surface area contributed by atoms with Crippen LogP contribution in [0.1, 0.15) is 12.5 Å². The second-order valence-corrected chi connectivity index (χ2v) is 4.20. The van der Waals surface area contributed by atoms with Crippen molar-refractivity contribution in [3.8, 4) is 6.07 Å². The van der Waals surface area contributed by atoms with Gasteiger partial charge >= 0.3 is 0 Å². The highest BCUT2D eigenvalue weighted by Gasteiger charge is 1.94. The maximum atomic E-state index is 12.4. The van der Waals surface area contributed by atoms with Crippen LogP contribution in [-0.2, 0) is 10.1 Å². The fourth-order valence-electron chi connectivity index (χ4n) is 0.552. The number of halogens is 1. The summed E-state index contributed by atoms with van der Waals surface area (Å²) in [4.78, 5) is 0. The van der Waals surface area contributed by atoms with Crippen LogP contribution >= 0.6 is 0 Å². The first-order chi connectivity index (χ1) is 6.90. The van der Waals surface area contributed by atoms with E-state index in [2.05, 4.69) is 0 Å². The SMILES string of the molecule is CCS(=O)(=O)O.N#Cc1ccccc1F. The van der Waals surface area contributed by atoms with E-state index in [1.54, 1.807) is 18.2 Å². The van der Waals surface area contributed by atoms with Crippen molar-refractivity contribution in [3.05, 3.63) is 35.6 Å². The van der Waals surface area contributed by atoms with E-state index in [-0.39, 0.29) is 11.3 Å². The predicted octanol–water partition coefficient (Wildman–Crippen LogP) is 1.59. The molecular weight excluding hydrogens is 221 g/mol. The quantitative estimate of drug-likeness (QED) is 0.744. The molecule has 0 aliphatic heterocycles. The summed E-state index contributed by atoms with van der Waals surface area (Å²) in [5.74, 6) is -0.660. The molecule has 6 heteroatoms. The third kappa shape index (κ3) is 6.60. The first-order valence-electron chi connectivity index (χ1n) is 4.00. The lowest BCUT2D eigenvalue weighted by atomic mass is 10.2. The van der Waals surface area contributed by atoms with Gasteiger partial charge in [0, 0.05) is 0 Å². The van der Waals surface area contributed by atoms with Crippen molar-refractivity contribution < 1.29 is 17.4 Å². The highest BCUT2D eigenvalue weighted by atomic mass is 32.2. The van der Waals surface area contributed by atoms with Crippen LogP contribution in [0, 0.1) is 17.1 Å². The van der Waals surface area contributed by atoms with Crippen LogP contribution in [-0.4, -0.2) is 18.7 Å². The first kappa shape index (κ1) is 13.5. The molecule has 0 atom stereocenters. The molecule has 0 heterocycles. The Kier molecular flexibility index (Phi) is 5.52. The Morgan fingerprint density at radius 3 is 2.20 bits per heavy atom. The molecule has 0 bridgehead atoms. The second-order valence-electron chi connectivity index (χ2n) is 2.46. The summed E-state index contributed by atoms with van der Waals surface area (Å²) in [5.41, 5.74) is 0.0949. The third-order valence-electron chi connectivity index (χ3n) is 1.36. The molecule has 15 heavy (non-hydrogen) atoms. The summed E-state index contributed by atoms with van der Waals surface area (Å²) in [6, 6.07) is 7.60. The molecule has 0 fully saturated rings. The molecule has 0 aromatic heterocycles. The van der Waals surface area contributed by atoms with Crippen LogP contribution in [0.2, 0.25) is 0 Å². The van der Waals surface area contributed by atoms with Gasteiger partial charge in [0.2, 0.25) is 0 Å². The van der Waals surface area contributed by atoms with Crippen LogP contribution in [0.4, 0.5) is 4.39 Å². The van der Waals surface area contributed by atoms with Gasteiger partial charge < -0.3 is 0 Å². The number of nitriles is 1. The normalized spacial score (nSPS) is 9.73. The predicted molar refractivity (Wildman–Crippen MR) is 53.2 cm³/mol. The largest absolute Gasteiger partial charge is 0.286 e. The molecular formula is C9H10FNO3S. The average molecular weight is 231 g/mol. The van der Waals surface area contributed by atoms with E-state index < -0.39 is 15.9 Å². The highest BCUT2D eigenvalue weighted by Crippen LogP contribution is 2.02. The Labute approximate surface area is 87.7 Å². The lowest BCUT2D eigenvalue weighted by Crippen LogP contribution is -1.97. The number of rotatable bonds is 1. The van der Waals surface area contributed by atoms with Crippen molar-refractivity contribution in [2.75, 3.05) is 5.75 Å². The zero-order valence-electron chi connectivity index (χ0n) is 8.01. The molecule has 0 unspecified atom stereocenters. The summed E-state index contributed by atoms with van der Waals surface area (Å²) in [6.07, 6.45) is 0. The maximum absolute atomic E-state index is 12.4. The topological polar surface area (TPSA) is 78.2 Å². The molecule has 82 valence electrons. The lowest BCUT2D eigenvalue weighted by Gasteiger charge is -1.86. The van der Waals surface area contributed by atoms with E-state index in [0.29, 0.717) is 0 Å². The molecule has 1 aromatic rings. The molecule has 4 nitrogen and oxygen atoms in total. The van der Waals surface area contributed by atoms with Crippen LogP contribution in [0.3, 0.4) is 0 Å². The van der Waals surface area contributed by atoms with E-state index in [1.807, 2.05) is 0 Å². The van der Waals surface area contributed by atoms with Gasteiger partial charge in [-0.25, -0.2) is 4.39 Å². The fraction of sp³-hybridized carbons (Fsp3) is 0.222. The van der Waals surface area contributed by atoms with Crippen molar-refractivity contribution >= 4 is 10.1 Å². The minimum Gasteiger partial charge on any atom is -0.286 e. The Balaban J connectivity index is 0.000000288. The summed E-state index contributed by atoms with van der Waals surface area (Å²) in [6.45, 7) is 1.37. The van der Waals surface area contributed by atoms with Crippen molar-refractivity contribution in [2.45, 2.75) is 6.92 Å². The van der Waals surface area contributed by atoms with Gasteiger partial charge in [-0.2, -0.15) is 13.7 Å². The Morgan fingerprint density at radius 1 is 1.47 bits per heavy atom. The van der Waals surface area contributed by atoms with Gasteiger partial charge in [-0.05, 0) is 19.1 Å². The van der Waals surface area contributed by atoms with Crippen LogP contribution in [0.25, 0.3) is 0 Å². The maximum Gasteiger partial charge on any atom is 0.264 e. The average Bonchev–Trinajstić information content (AvgIpc) is 2.18. The summed E-state index contributed by atoms with van der Waals surface area (Å²) < 4.78 is 39.3. The van der Waals surface area contributed by atoms with E-state index in [4.69, 9.17) is 9.81 Å². The van der Waals surface area contributed by atoms with Crippen LogP contribution in [0.5, 0.6) is 0 Å². The molecule has 1 aromatic carbocycles. The second kappa shape index (κ2) is 6.11. The molecule has 0 saturated carbocycles. The summed E-state index contributed by atoms with van der Waals surface area (Å²) >= 11 is 0. The van der Waals surface area contributed by atoms with E-state index in [1.165, 1.54) is 19.1 Å². The van der Waals surface area contributed by atoms with Crippen LogP contribution < -0.4 is 0 Å². The van der Waals surface area contributed by atoms with Crippen molar-refractivity contribution in [2.24, 2.45) is 0 Å². The Bertz CT molecular complexity index is 451. The fourth-order valence-corrected chi connectivity index (χ4v) is 0.552. The van der Waals surface area contributed by atoms with Crippen LogP contribution in [0.15, 0.2) is 24.3 Å². The molecule has 0 amide bonds. The Hall–Kier alpha value is -1.45. The monoisotopic (exact) mass is 231 g/mol. The van der Waals surface area contributed by atoms with Gasteiger partial charge in [-0.1, -0.05) is 12.1 Å². The van der Waals surface area contributed by atoms with Crippen molar-refractivity contribution in [1.29, 1.82) is 5.26 Å². The van der Waals surface area contributed by atoms with Crippen molar-refractivity contribution in [1.82, 2.24) is 0 Å². The number of nitrogens with zero attached hydrogens (tertiary/aromatic N) is 1. The molecule has 0 spiro atoms. The van der Waals surface area contributed by atoms with Gasteiger partial charge in [0.15, 0.2) is 0 Å². The minimum absolute atomic E-state index is 0.0949. The van der Waals surface area contributed by atoms with Gasteiger partial charge in [-0.15, -0.1) is 0 Å². The summed E-state index contributed by atoms with van der Waals surface area (Å²) in [7, 11) is -3.66. The minimum atomic E-state index is -3.66. The summed E-state index contributed by atoms with van der Waals surface area (Å²) in [5, 5.41) is 8.23. The molecule has 1 N–H and O–H groups in total. The molecule has 0 aliphatic rings. The number of hydrogen-bond acceptors (Lipinski definition) is 3. The number of hydrogen-bond donors (Lipinski definition) is 1. The molecule has 0 saturated heterocycles. The zero-order valence-corrected chi connectivity index (χ0v) is 8.83. The molecule has 0 radical (unpaired) electrons. The molecule has 1 rings (SSSR count). The third-order valence-corrected chi connectivity index (χ3v) is 2.09.